The van der Waals surface area contributed by atoms with Gasteiger partial charge in [-0.15, -0.1) is 0 Å². The molecular weight excluding hydrogens is 921 g/mol. The standard InChI is InChI=1S/C72H48N4/c1-72(2)65-42-61-58-32-18-16-30-56(58)55-29-15-17-31-57(55)60(61)41-62(65)63-44-68-64(43-66(63)72)59-33-19-20-34-67(59)76(68)71-74-69(53-37-49(45-21-7-3-8-22-45)35-50(38-53)46-23-9-4-10-24-46)73-70(75-71)54-39-51(47-25-11-5-12-26-47)36-52(40-54)48-27-13-6-14-28-48/h3-44H,1-2H3. The van der Waals surface area contributed by atoms with Crippen LogP contribution in [0.3, 0.4) is 0 Å². The van der Waals surface area contributed by atoms with Crippen molar-refractivity contribution in [1.82, 2.24) is 19.5 Å². The Morgan fingerprint density at radius 3 is 1.05 bits per heavy atom. The zero-order valence-corrected chi connectivity index (χ0v) is 42.0. The minimum atomic E-state index is -0.267. The molecule has 0 spiro atoms. The number of para-hydroxylation sites is 1. The molecule has 1 aliphatic rings. The molecule has 15 rings (SSSR count). The molecule has 4 nitrogen and oxygen atoms in total. The molecule has 2 aromatic heterocycles. The van der Waals surface area contributed by atoms with Gasteiger partial charge >= 0.3 is 0 Å². The molecule has 2 heterocycles. The summed E-state index contributed by atoms with van der Waals surface area (Å²) in [6.45, 7) is 4.78. The number of aromatic nitrogens is 4. The number of benzene rings is 12. The van der Waals surface area contributed by atoms with E-state index in [1.165, 1.54) is 54.6 Å². The fourth-order valence-electron chi connectivity index (χ4n) is 12.2. The summed E-state index contributed by atoms with van der Waals surface area (Å²) in [6, 6.07) is 92.2. The van der Waals surface area contributed by atoms with E-state index in [4.69, 9.17) is 15.0 Å². The van der Waals surface area contributed by atoms with E-state index in [0.29, 0.717) is 17.6 Å². The Labute approximate surface area is 440 Å². The molecular formula is C72H48N4. The van der Waals surface area contributed by atoms with Crippen molar-refractivity contribution in [2.45, 2.75) is 19.3 Å². The first-order valence-corrected chi connectivity index (χ1v) is 26.2. The molecule has 76 heavy (non-hydrogen) atoms. The van der Waals surface area contributed by atoms with Gasteiger partial charge in [-0.25, -0.2) is 4.98 Å². The average Bonchev–Trinajstić information content (AvgIpc) is 4.11. The molecule has 0 atom stereocenters. The van der Waals surface area contributed by atoms with Crippen molar-refractivity contribution < 1.29 is 0 Å². The van der Waals surface area contributed by atoms with Crippen LogP contribution in [0.4, 0.5) is 0 Å². The molecule has 0 radical (unpaired) electrons. The summed E-state index contributed by atoms with van der Waals surface area (Å²) in [5.74, 6) is 1.73. The number of hydrogen-bond donors (Lipinski definition) is 0. The largest absolute Gasteiger partial charge is 0.278 e. The lowest BCUT2D eigenvalue weighted by Crippen LogP contribution is -2.15. The lowest BCUT2D eigenvalue weighted by Gasteiger charge is -2.22. The van der Waals surface area contributed by atoms with Crippen molar-refractivity contribution in [1.29, 1.82) is 0 Å². The highest BCUT2D eigenvalue weighted by atomic mass is 15.2. The van der Waals surface area contributed by atoms with Gasteiger partial charge in [-0.3, -0.25) is 4.57 Å². The predicted octanol–water partition coefficient (Wildman–Crippen LogP) is 18.7. The second-order valence-electron chi connectivity index (χ2n) is 20.8. The molecule has 0 saturated carbocycles. The zero-order valence-electron chi connectivity index (χ0n) is 42.0. The third-order valence-electron chi connectivity index (χ3n) is 16.0. The lowest BCUT2D eigenvalue weighted by atomic mass is 9.81. The van der Waals surface area contributed by atoms with Crippen LogP contribution in [-0.4, -0.2) is 19.5 Å². The van der Waals surface area contributed by atoms with Gasteiger partial charge in [0.1, 0.15) is 0 Å². The van der Waals surface area contributed by atoms with Crippen LogP contribution >= 0.6 is 0 Å². The van der Waals surface area contributed by atoms with Gasteiger partial charge in [0.15, 0.2) is 11.6 Å². The summed E-state index contributed by atoms with van der Waals surface area (Å²) in [4.78, 5) is 16.8. The van der Waals surface area contributed by atoms with Crippen molar-refractivity contribution >= 4 is 54.1 Å². The fraction of sp³-hybridized carbons (Fsp3) is 0.0417. The maximum absolute atomic E-state index is 5.61. The van der Waals surface area contributed by atoms with Gasteiger partial charge in [0.25, 0.3) is 0 Å². The van der Waals surface area contributed by atoms with Gasteiger partial charge in [-0.05, 0) is 166 Å². The minimum Gasteiger partial charge on any atom is -0.278 e. The lowest BCUT2D eigenvalue weighted by molar-refractivity contribution is 0.662. The highest BCUT2D eigenvalue weighted by Gasteiger charge is 2.37. The van der Waals surface area contributed by atoms with Crippen molar-refractivity contribution in [3.63, 3.8) is 0 Å². The molecule has 0 bridgehead atoms. The second-order valence-corrected chi connectivity index (χ2v) is 20.8. The summed E-state index contributed by atoms with van der Waals surface area (Å²) in [5, 5.41) is 9.97. The Balaban J connectivity index is 1.02. The Bertz CT molecular complexity index is 4370. The van der Waals surface area contributed by atoms with Crippen molar-refractivity contribution in [3.8, 4) is 84.4 Å². The number of rotatable bonds is 7. The Hall–Kier alpha value is -9.77. The SMILES string of the molecule is CC1(C)c2cc3c4ccccc4c4ccccc4c3cc2-c2cc3c(cc21)c1ccccc1n3-c1nc(-c2cc(-c3ccccc3)cc(-c3ccccc3)c2)nc(-c2cc(-c3ccccc3)cc(-c3ccccc3)c2)n1. The van der Waals surface area contributed by atoms with Crippen LogP contribution in [0, 0.1) is 0 Å². The van der Waals surface area contributed by atoms with Gasteiger partial charge in [0.05, 0.1) is 11.0 Å². The third kappa shape index (κ3) is 7.02. The Morgan fingerprint density at radius 1 is 0.263 bits per heavy atom. The van der Waals surface area contributed by atoms with Crippen LogP contribution in [0.25, 0.3) is 138 Å². The third-order valence-corrected chi connectivity index (χ3v) is 16.0. The first-order valence-electron chi connectivity index (χ1n) is 26.2. The monoisotopic (exact) mass is 968 g/mol. The van der Waals surface area contributed by atoms with Crippen molar-refractivity contribution in [3.05, 3.63) is 266 Å². The maximum Gasteiger partial charge on any atom is 0.238 e. The fourth-order valence-corrected chi connectivity index (χ4v) is 12.2. The van der Waals surface area contributed by atoms with Crippen molar-refractivity contribution in [2.75, 3.05) is 0 Å². The number of fused-ring (bicyclic) bond motifs is 12. The predicted molar refractivity (Wildman–Crippen MR) is 317 cm³/mol. The maximum atomic E-state index is 5.61. The van der Waals surface area contributed by atoms with E-state index in [0.717, 1.165) is 77.4 Å². The molecule has 0 N–H and O–H groups in total. The van der Waals surface area contributed by atoms with Crippen LogP contribution in [0.2, 0.25) is 0 Å². The highest BCUT2D eigenvalue weighted by Crippen LogP contribution is 2.53. The molecule has 0 saturated heterocycles. The molecule has 0 aliphatic heterocycles. The van der Waals surface area contributed by atoms with E-state index in [1.54, 1.807) is 0 Å². The van der Waals surface area contributed by atoms with E-state index < -0.39 is 0 Å². The molecule has 1 aliphatic carbocycles. The van der Waals surface area contributed by atoms with E-state index >= 15 is 0 Å². The topological polar surface area (TPSA) is 43.6 Å². The summed E-state index contributed by atoms with van der Waals surface area (Å²) >= 11 is 0. The van der Waals surface area contributed by atoms with Gasteiger partial charge in [-0.2, -0.15) is 9.97 Å². The van der Waals surface area contributed by atoms with Crippen LogP contribution in [-0.2, 0) is 5.41 Å². The molecule has 14 aromatic rings. The molecule has 0 fully saturated rings. The Kier molecular flexibility index (Phi) is 9.88. The summed E-state index contributed by atoms with van der Waals surface area (Å²) in [7, 11) is 0. The first-order chi connectivity index (χ1) is 37.4. The zero-order chi connectivity index (χ0) is 50.5. The molecule has 0 unspecified atom stereocenters. The highest BCUT2D eigenvalue weighted by molar-refractivity contribution is 6.26. The number of hydrogen-bond acceptors (Lipinski definition) is 3. The van der Waals surface area contributed by atoms with Gasteiger partial charge in [-0.1, -0.05) is 202 Å². The second kappa shape index (κ2) is 17.2. The first kappa shape index (κ1) is 43.8. The van der Waals surface area contributed by atoms with E-state index in [2.05, 4.69) is 273 Å². The van der Waals surface area contributed by atoms with E-state index in [-0.39, 0.29) is 5.41 Å². The van der Waals surface area contributed by atoms with E-state index in [1.807, 2.05) is 0 Å². The average molecular weight is 969 g/mol. The van der Waals surface area contributed by atoms with Gasteiger partial charge < -0.3 is 0 Å². The molecule has 12 aromatic carbocycles. The van der Waals surface area contributed by atoms with Crippen LogP contribution < -0.4 is 0 Å². The van der Waals surface area contributed by atoms with Gasteiger partial charge in [0.2, 0.25) is 5.95 Å². The van der Waals surface area contributed by atoms with Crippen LogP contribution in [0.15, 0.2) is 255 Å². The summed E-state index contributed by atoms with van der Waals surface area (Å²) in [5.41, 5.74) is 17.6. The molecule has 4 heteroatoms. The number of nitrogens with zero attached hydrogens (tertiary/aromatic N) is 4. The van der Waals surface area contributed by atoms with Crippen LogP contribution in [0.1, 0.15) is 25.0 Å². The molecule has 0 amide bonds. The quantitative estimate of drug-likeness (QED) is 0.150. The van der Waals surface area contributed by atoms with Crippen molar-refractivity contribution in [2.24, 2.45) is 0 Å². The summed E-state index contributed by atoms with van der Waals surface area (Å²) < 4.78 is 2.28. The van der Waals surface area contributed by atoms with Gasteiger partial charge in [0, 0.05) is 27.3 Å². The molecule has 356 valence electrons. The van der Waals surface area contributed by atoms with Crippen LogP contribution in [0.5, 0.6) is 0 Å². The normalized spacial score (nSPS) is 12.7. The van der Waals surface area contributed by atoms with E-state index in [9.17, 15) is 0 Å². The minimum absolute atomic E-state index is 0.267. The summed E-state index contributed by atoms with van der Waals surface area (Å²) in [6.07, 6.45) is 0. The smallest absolute Gasteiger partial charge is 0.238 e. The Morgan fingerprint density at radius 2 is 0.605 bits per heavy atom.